The molecular weight excluding hydrogens is 470 g/mol. The summed E-state index contributed by atoms with van der Waals surface area (Å²) in [6.07, 6.45) is 5.72. The summed E-state index contributed by atoms with van der Waals surface area (Å²) in [5.74, 6) is 2.03. The first-order valence-electron chi connectivity index (χ1n) is 12.0. The molecule has 1 saturated heterocycles. The first-order chi connectivity index (χ1) is 18.2. The number of fused-ring (bicyclic) bond motifs is 1. The number of hydrogen-bond donors (Lipinski definition) is 3. The zero-order valence-electron chi connectivity index (χ0n) is 20.1. The molecule has 0 saturated carbocycles. The predicted molar refractivity (Wildman–Crippen MR) is 139 cm³/mol. The number of benzene rings is 1. The van der Waals surface area contributed by atoms with Crippen LogP contribution in [0.25, 0.3) is 5.65 Å². The lowest BCUT2D eigenvalue weighted by molar-refractivity contribution is 0.102. The number of carbonyl (C=O) groups is 1. The molecule has 1 aromatic carbocycles. The number of methoxy groups -OCH3 is 1. The maximum absolute atomic E-state index is 12.7. The van der Waals surface area contributed by atoms with Gasteiger partial charge in [-0.3, -0.25) is 19.3 Å². The van der Waals surface area contributed by atoms with Gasteiger partial charge in [-0.05, 0) is 61.4 Å². The van der Waals surface area contributed by atoms with E-state index in [2.05, 4.69) is 30.7 Å². The van der Waals surface area contributed by atoms with Crippen LogP contribution in [0.4, 0.5) is 23.4 Å². The Bertz CT molecular complexity index is 1530. The van der Waals surface area contributed by atoms with Crippen LogP contribution < -0.4 is 20.3 Å². The van der Waals surface area contributed by atoms with Gasteiger partial charge in [0.1, 0.15) is 17.1 Å². The molecule has 186 valence electrons. The second kappa shape index (κ2) is 9.61. The molecule has 1 aliphatic heterocycles. The van der Waals surface area contributed by atoms with Crippen molar-refractivity contribution < 1.29 is 9.53 Å². The monoisotopic (exact) mass is 495 g/mol. The number of hydrogen-bond acceptors (Lipinski definition) is 8. The standard InChI is InChI=1S/C26H25N9O2/c1-37-18-11-9-17(10-12-18)28-24(36)20-16-22(33-32-20)29-25-31-26(30-23-8-5-15-35(23)25)34-14-4-7-21(34)19-6-2-3-13-27-19/h2-3,5-6,8-13,15-16,21H,4,7,14H2,1H3,(H,28,36)(H2,29,30,31,32,33). The number of aromatic nitrogens is 6. The van der Waals surface area contributed by atoms with E-state index >= 15 is 0 Å². The molecule has 0 aliphatic carbocycles. The molecule has 5 aromatic rings. The van der Waals surface area contributed by atoms with Gasteiger partial charge in [0.25, 0.3) is 5.91 Å². The fourth-order valence-electron chi connectivity index (χ4n) is 4.51. The SMILES string of the molecule is COc1ccc(NC(=O)c2cc(Nc3nc(N4CCCC4c4ccccn4)nc4cccn34)n[nH]2)cc1. The van der Waals surface area contributed by atoms with Crippen molar-refractivity contribution in [2.75, 3.05) is 29.2 Å². The van der Waals surface area contributed by atoms with E-state index in [1.54, 1.807) is 37.4 Å². The number of anilines is 4. The van der Waals surface area contributed by atoms with Crippen molar-refractivity contribution in [1.29, 1.82) is 0 Å². The molecule has 6 rings (SSSR count). The second-order valence-corrected chi connectivity index (χ2v) is 8.66. The van der Waals surface area contributed by atoms with E-state index in [1.807, 2.05) is 47.1 Å². The number of H-pyrrole nitrogens is 1. The topological polar surface area (TPSA) is 125 Å². The minimum atomic E-state index is -0.310. The molecule has 1 aliphatic rings. The normalized spacial score (nSPS) is 15.2. The van der Waals surface area contributed by atoms with Crippen molar-refractivity contribution in [1.82, 2.24) is 29.5 Å². The summed E-state index contributed by atoms with van der Waals surface area (Å²) in [7, 11) is 1.60. The summed E-state index contributed by atoms with van der Waals surface area (Å²) >= 11 is 0. The van der Waals surface area contributed by atoms with Crippen LogP contribution in [-0.4, -0.2) is 49.1 Å². The number of nitrogens with one attached hydrogen (secondary N) is 3. The van der Waals surface area contributed by atoms with E-state index < -0.39 is 0 Å². The van der Waals surface area contributed by atoms with Gasteiger partial charge in [0, 0.05) is 30.7 Å². The van der Waals surface area contributed by atoms with Gasteiger partial charge in [-0.15, -0.1) is 0 Å². The minimum absolute atomic E-state index is 0.116. The molecule has 0 radical (unpaired) electrons. The molecule has 3 N–H and O–H groups in total. The Hall–Kier alpha value is -4.93. The van der Waals surface area contributed by atoms with Gasteiger partial charge in [-0.25, -0.2) is 0 Å². The van der Waals surface area contributed by atoms with E-state index in [9.17, 15) is 4.79 Å². The maximum Gasteiger partial charge on any atom is 0.273 e. The van der Waals surface area contributed by atoms with E-state index in [0.29, 0.717) is 34.8 Å². The lowest BCUT2D eigenvalue weighted by atomic mass is 10.1. The van der Waals surface area contributed by atoms with Gasteiger partial charge < -0.3 is 20.3 Å². The van der Waals surface area contributed by atoms with Crippen LogP contribution in [0.1, 0.15) is 35.1 Å². The van der Waals surface area contributed by atoms with Crippen LogP contribution in [0, 0.1) is 0 Å². The molecule has 1 atom stereocenters. The third-order valence-electron chi connectivity index (χ3n) is 6.33. The van der Waals surface area contributed by atoms with Crippen molar-refractivity contribution in [2.24, 2.45) is 0 Å². The molecule has 1 unspecified atom stereocenters. The van der Waals surface area contributed by atoms with E-state index in [-0.39, 0.29) is 11.9 Å². The van der Waals surface area contributed by atoms with Gasteiger partial charge >= 0.3 is 0 Å². The highest BCUT2D eigenvalue weighted by Gasteiger charge is 2.29. The number of pyridine rings is 1. The number of amides is 1. The van der Waals surface area contributed by atoms with Crippen molar-refractivity contribution in [2.45, 2.75) is 18.9 Å². The maximum atomic E-state index is 12.7. The summed E-state index contributed by atoms with van der Waals surface area (Å²) in [5.41, 5.74) is 2.73. The first kappa shape index (κ1) is 22.5. The molecule has 0 bridgehead atoms. The third-order valence-corrected chi connectivity index (χ3v) is 6.33. The highest BCUT2D eigenvalue weighted by molar-refractivity contribution is 6.03. The molecule has 0 spiro atoms. The third kappa shape index (κ3) is 4.54. The van der Waals surface area contributed by atoms with Crippen molar-refractivity contribution >= 4 is 35.0 Å². The Balaban J connectivity index is 1.24. The van der Waals surface area contributed by atoms with E-state index in [4.69, 9.17) is 14.7 Å². The molecule has 1 fully saturated rings. The van der Waals surface area contributed by atoms with Gasteiger partial charge in [0.05, 0.1) is 18.8 Å². The molecule has 11 heteroatoms. The zero-order valence-corrected chi connectivity index (χ0v) is 20.1. The Morgan fingerprint density at radius 1 is 1.11 bits per heavy atom. The van der Waals surface area contributed by atoms with Crippen molar-refractivity contribution in [3.63, 3.8) is 0 Å². The Labute approximate surface area is 212 Å². The van der Waals surface area contributed by atoms with Gasteiger partial charge in [0.2, 0.25) is 11.9 Å². The Kier molecular flexibility index (Phi) is 5.85. The Morgan fingerprint density at radius 2 is 2.00 bits per heavy atom. The highest BCUT2D eigenvalue weighted by Crippen LogP contribution is 2.34. The second-order valence-electron chi connectivity index (χ2n) is 8.66. The molecular formula is C26H25N9O2. The van der Waals surface area contributed by atoms with Gasteiger partial charge in [-0.1, -0.05) is 6.07 Å². The summed E-state index contributed by atoms with van der Waals surface area (Å²) in [6.45, 7) is 0.843. The molecule has 11 nitrogen and oxygen atoms in total. The van der Waals surface area contributed by atoms with Gasteiger partial charge in [-0.2, -0.15) is 15.1 Å². The van der Waals surface area contributed by atoms with E-state index in [1.165, 1.54) is 0 Å². The number of ether oxygens (including phenoxy) is 1. The number of aromatic amines is 1. The van der Waals surface area contributed by atoms with E-state index in [0.717, 1.165) is 30.7 Å². The average molecular weight is 496 g/mol. The van der Waals surface area contributed by atoms with Crippen LogP contribution in [-0.2, 0) is 0 Å². The fraction of sp³-hybridized carbons (Fsp3) is 0.192. The minimum Gasteiger partial charge on any atom is -0.497 e. The van der Waals surface area contributed by atoms with Gasteiger partial charge in [0.15, 0.2) is 5.82 Å². The summed E-state index contributed by atoms with van der Waals surface area (Å²) in [5, 5.41) is 13.1. The van der Waals surface area contributed by atoms with Crippen LogP contribution in [0.5, 0.6) is 5.75 Å². The summed E-state index contributed by atoms with van der Waals surface area (Å²) < 4.78 is 7.01. The smallest absolute Gasteiger partial charge is 0.273 e. The lowest BCUT2D eigenvalue weighted by Crippen LogP contribution is -2.26. The fourth-order valence-corrected chi connectivity index (χ4v) is 4.51. The summed E-state index contributed by atoms with van der Waals surface area (Å²) in [4.78, 5) is 29.1. The highest BCUT2D eigenvalue weighted by atomic mass is 16.5. The Morgan fingerprint density at radius 3 is 2.81 bits per heavy atom. The predicted octanol–water partition coefficient (Wildman–Crippen LogP) is 4.19. The van der Waals surface area contributed by atoms with Crippen LogP contribution in [0.2, 0.25) is 0 Å². The number of carbonyl (C=O) groups excluding carboxylic acids is 1. The van der Waals surface area contributed by atoms with Crippen LogP contribution >= 0.6 is 0 Å². The average Bonchev–Trinajstić information content (AvgIpc) is 3.70. The van der Waals surface area contributed by atoms with Crippen LogP contribution in [0.3, 0.4) is 0 Å². The number of nitrogens with zero attached hydrogens (tertiary/aromatic N) is 6. The number of rotatable bonds is 7. The zero-order chi connectivity index (χ0) is 25.2. The van der Waals surface area contributed by atoms with Crippen LogP contribution in [0.15, 0.2) is 73.1 Å². The largest absolute Gasteiger partial charge is 0.497 e. The molecule has 1 amide bonds. The first-order valence-corrected chi connectivity index (χ1v) is 12.0. The quantitative estimate of drug-likeness (QED) is 0.307. The van der Waals surface area contributed by atoms with Crippen molar-refractivity contribution in [3.8, 4) is 5.75 Å². The molecule has 4 aromatic heterocycles. The lowest BCUT2D eigenvalue weighted by Gasteiger charge is -2.24. The molecule has 5 heterocycles. The molecule has 37 heavy (non-hydrogen) atoms. The van der Waals surface area contributed by atoms with Crippen molar-refractivity contribution in [3.05, 3.63) is 84.4 Å². The summed E-state index contributed by atoms with van der Waals surface area (Å²) in [6, 6.07) is 18.7.